The monoisotopic (exact) mass is 606 g/mol. The van der Waals surface area contributed by atoms with Crippen LogP contribution < -0.4 is 11.5 Å². The van der Waals surface area contributed by atoms with E-state index in [4.69, 9.17) is 16.2 Å². The van der Waals surface area contributed by atoms with Gasteiger partial charge in [-0.05, 0) is 44.1 Å². The van der Waals surface area contributed by atoms with Crippen molar-refractivity contribution in [1.82, 2.24) is 19.6 Å². The van der Waals surface area contributed by atoms with E-state index in [9.17, 15) is 29.1 Å². The highest BCUT2D eigenvalue weighted by molar-refractivity contribution is 6.76. The summed E-state index contributed by atoms with van der Waals surface area (Å²) in [5.74, 6) is -2.23. The highest BCUT2D eigenvalue weighted by atomic mass is 28.3. The number of amides is 7. The quantitative estimate of drug-likeness (QED) is 0.104. The van der Waals surface area contributed by atoms with Gasteiger partial charge in [0.25, 0.3) is 17.7 Å². The Morgan fingerprint density at radius 3 is 2.17 bits per heavy atom. The second-order valence-corrected chi connectivity index (χ2v) is 19.0. The summed E-state index contributed by atoms with van der Waals surface area (Å²) in [6.07, 6.45) is 3.26. The number of imide groups is 3. The lowest BCUT2D eigenvalue weighted by atomic mass is 9.72. The third kappa shape index (κ3) is 6.06. The second kappa shape index (κ2) is 12.3. The average Bonchev–Trinajstić information content (AvgIpc) is 3.08. The van der Waals surface area contributed by atoms with Gasteiger partial charge in [0, 0.05) is 46.7 Å². The minimum atomic E-state index is -1.33. The van der Waals surface area contributed by atoms with E-state index in [0.29, 0.717) is 45.3 Å². The summed E-state index contributed by atoms with van der Waals surface area (Å²) in [6.45, 7) is 9.50. The zero-order chi connectivity index (χ0) is 31.0. The summed E-state index contributed by atoms with van der Waals surface area (Å²) in [4.78, 5) is 71.2. The smallest absolute Gasteiger partial charge is 0.334 e. The number of hydrogen-bond acceptors (Lipinski definition) is 9. The van der Waals surface area contributed by atoms with Crippen molar-refractivity contribution in [1.29, 1.82) is 0 Å². The molecule has 42 heavy (non-hydrogen) atoms. The minimum Gasteiger partial charge on any atom is -0.393 e. The maximum Gasteiger partial charge on any atom is 0.334 e. The van der Waals surface area contributed by atoms with Crippen LogP contribution in [0.2, 0.25) is 25.7 Å². The van der Waals surface area contributed by atoms with Crippen molar-refractivity contribution >= 4 is 37.9 Å². The molecule has 234 valence electrons. The van der Waals surface area contributed by atoms with Crippen LogP contribution in [0.4, 0.5) is 9.59 Å². The fourth-order valence-corrected chi connectivity index (χ4v) is 7.13. The van der Waals surface area contributed by atoms with Gasteiger partial charge >= 0.3 is 12.1 Å². The van der Waals surface area contributed by atoms with Gasteiger partial charge in [0.15, 0.2) is 0 Å². The van der Waals surface area contributed by atoms with E-state index in [1.165, 1.54) is 4.90 Å². The van der Waals surface area contributed by atoms with Crippen molar-refractivity contribution in [2.24, 2.45) is 17.4 Å². The van der Waals surface area contributed by atoms with Gasteiger partial charge in [-0.2, -0.15) is 0 Å². The van der Waals surface area contributed by atoms with Crippen LogP contribution in [0.15, 0.2) is 11.4 Å². The van der Waals surface area contributed by atoms with E-state index in [0.717, 1.165) is 22.3 Å². The number of nitrogens with zero attached hydrogens (tertiary/aromatic N) is 4. The summed E-state index contributed by atoms with van der Waals surface area (Å²) in [6, 6.07) is -0.581. The SMILES string of the molecule is CCCCN1C(=O)C(=C(N)N)C(=O)N(C2CCC(CN3C(=O)N(COCC[Si](C)(C)C)C(=O)C34CC(O)C4)CC2)C1=O. The normalized spacial score (nSPS) is 28.8. The number of barbiturate groups is 1. The molecule has 0 aromatic heterocycles. The highest BCUT2D eigenvalue weighted by Gasteiger charge is 2.63. The Bertz CT molecular complexity index is 1140. The molecule has 0 unspecified atom stereocenters. The Kier molecular flexibility index (Phi) is 9.38. The summed E-state index contributed by atoms with van der Waals surface area (Å²) in [5, 5.41) is 10.1. The predicted molar refractivity (Wildman–Crippen MR) is 156 cm³/mol. The van der Waals surface area contributed by atoms with Gasteiger partial charge < -0.3 is 26.2 Å². The summed E-state index contributed by atoms with van der Waals surface area (Å²) >= 11 is 0. The molecule has 0 aromatic carbocycles. The highest BCUT2D eigenvalue weighted by Crippen LogP contribution is 2.45. The Labute approximate surface area is 248 Å². The van der Waals surface area contributed by atoms with Gasteiger partial charge in [0.2, 0.25) is 0 Å². The number of carbonyl (C=O) groups excluding carboxylic acids is 5. The molecule has 0 radical (unpaired) electrons. The molecule has 2 saturated heterocycles. The molecule has 4 aliphatic rings. The first-order valence-corrected chi connectivity index (χ1v) is 18.8. The molecule has 13 nitrogen and oxygen atoms in total. The molecule has 4 fully saturated rings. The first-order chi connectivity index (χ1) is 19.7. The van der Waals surface area contributed by atoms with Crippen molar-refractivity contribution in [2.45, 2.75) is 102 Å². The predicted octanol–water partition coefficient (Wildman–Crippen LogP) is 1.74. The second-order valence-electron chi connectivity index (χ2n) is 13.3. The first kappa shape index (κ1) is 32.0. The third-order valence-corrected chi connectivity index (χ3v) is 10.7. The molecular formula is C28H46N6O7Si. The average molecular weight is 607 g/mol. The van der Waals surface area contributed by atoms with E-state index in [1.807, 2.05) is 6.92 Å². The van der Waals surface area contributed by atoms with Gasteiger partial charge in [-0.3, -0.25) is 24.2 Å². The topological polar surface area (TPSA) is 180 Å². The third-order valence-electron chi connectivity index (χ3n) is 8.96. The van der Waals surface area contributed by atoms with E-state index in [-0.39, 0.29) is 43.5 Å². The lowest BCUT2D eigenvalue weighted by Crippen LogP contribution is -2.62. The van der Waals surface area contributed by atoms with Crippen molar-refractivity contribution in [3.8, 4) is 0 Å². The largest absolute Gasteiger partial charge is 0.393 e. The van der Waals surface area contributed by atoms with Crippen molar-refractivity contribution < 1.29 is 33.8 Å². The molecule has 0 atom stereocenters. The van der Waals surface area contributed by atoms with Crippen LogP contribution in [0.1, 0.15) is 58.3 Å². The maximum absolute atomic E-state index is 13.5. The van der Waals surface area contributed by atoms with Gasteiger partial charge in [-0.1, -0.05) is 33.0 Å². The van der Waals surface area contributed by atoms with Gasteiger partial charge in [-0.15, -0.1) is 0 Å². The van der Waals surface area contributed by atoms with Crippen LogP contribution in [0, 0.1) is 5.92 Å². The van der Waals surface area contributed by atoms with Crippen LogP contribution in [-0.2, 0) is 19.1 Å². The number of hydrogen-bond donors (Lipinski definition) is 3. The molecule has 0 aromatic rings. The lowest BCUT2D eigenvalue weighted by molar-refractivity contribution is -0.147. The molecule has 2 aliphatic heterocycles. The van der Waals surface area contributed by atoms with Crippen molar-refractivity contribution in [2.75, 3.05) is 26.4 Å². The van der Waals surface area contributed by atoms with Crippen molar-refractivity contribution in [3.05, 3.63) is 11.4 Å². The first-order valence-electron chi connectivity index (χ1n) is 15.1. The molecule has 1 spiro atoms. The molecule has 7 amide bonds. The van der Waals surface area contributed by atoms with Gasteiger partial charge in [0.05, 0.1) is 6.10 Å². The number of ether oxygens (including phenoxy) is 1. The molecule has 0 bridgehead atoms. The molecule has 5 N–H and O–H groups in total. The van der Waals surface area contributed by atoms with Crippen LogP contribution >= 0.6 is 0 Å². The molecule has 2 aliphatic carbocycles. The fraction of sp³-hybridized carbons (Fsp3) is 0.750. The number of aliphatic hydroxyl groups is 1. The number of unbranched alkanes of at least 4 members (excludes halogenated alkanes) is 1. The zero-order valence-corrected chi connectivity index (χ0v) is 26.3. The van der Waals surface area contributed by atoms with Gasteiger partial charge in [0.1, 0.15) is 23.7 Å². The molecular weight excluding hydrogens is 560 g/mol. The zero-order valence-electron chi connectivity index (χ0n) is 25.3. The number of carbonyl (C=O) groups is 5. The number of urea groups is 2. The lowest BCUT2D eigenvalue weighted by Gasteiger charge is -2.47. The molecule has 4 rings (SSSR count). The van der Waals surface area contributed by atoms with Crippen LogP contribution in [-0.4, -0.2) is 107 Å². The molecule has 14 heteroatoms. The van der Waals surface area contributed by atoms with Gasteiger partial charge in [-0.25, -0.2) is 14.5 Å². The summed E-state index contributed by atoms with van der Waals surface area (Å²) < 4.78 is 5.74. The standard InChI is InChI=1S/C28H46N6O7Si/c1-5-6-11-31-23(36)21(22(29)30)24(37)34(27(31)40)19-9-7-18(8-10-19)16-33-26(39)32(17-41-12-13-42(2,3)4)25(38)28(33)14-20(35)15-28/h18-20,35H,5-17,29-30H2,1-4H3. The van der Waals surface area contributed by atoms with E-state index < -0.39 is 55.5 Å². The Hall–Kier alpha value is -2.97. The summed E-state index contributed by atoms with van der Waals surface area (Å²) in [7, 11) is -1.33. The Morgan fingerprint density at radius 1 is 0.976 bits per heavy atom. The Morgan fingerprint density at radius 2 is 1.62 bits per heavy atom. The fourth-order valence-electron chi connectivity index (χ4n) is 6.37. The number of aliphatic hydroxyl groups excluding tert-OH is 1. The summed E-state index contributed by atoms with van der Waals surface area (Å²) in [5.41, 5.74) is 9.97. The van der Waals surface area contributed by atoms with E-state index in [1.54, 1.807) is 4.90 Å². The molecule has 2 heterocycles. The van der Waals surface area contributed by atoms with Crippen molar-refractivity contribution in [3.63, 3.8) is 0 Å². The van der Waals surface area contributed by atoms with E-state index in [2.05, 4.69) is 19.6 Å². The number of rotatable bonds is 11. The molecule has 2 saturated carbocycles. The minimum absolute atomic E-state index is 0.0304. The number of nitrogens with two attached hydrogens (primary N) is 2. The Balaban J connectivity index is 1.42. The van der Waals surface area contributed by atoms with Crippen LogP contribution in [0.5, 0.6) is 0 Å². The van der Waals surface area contributed by atoms with Crippen LogP contribution in [0.3, 0.4) is 0 Å². The maximum atomic E-state index is 13.5. The van der Waals surface area contributed by atoms with E-state index >= 15 is 0 Å². The van der Waals surface area contributed by atoms with Crippen LogP contribution in [0.25, 0.3) is 0 Å².